The van der Waals surface area contributed by atoms with Crippen LogP contribution in [0.4, 0.5) is 5.13 Å². The Labute approximate surface area is 194 Å². The number of benzene rings is 2. The van der Waals surface area contributed by atoms with E-state index in [1.165, 1.54) is 4.31 Å². The van der Waals surface area contributed by atoms with Gasteiger partial charge in [0.15, 0.2) is 16.6 Å². The number of sulfonamides is 1. The van der Waals surface area contributed by atoms with Crippen LogP contribution in [0.15, 0.2) is 57.2 Å². The molecule has 0 N–H and O–H groups in total. The summed E-state index contributed by atoms with van der Waals surface area (Å²) in [5, 5.41) is 2.88. The van der Waals surface area contributed by atoms with Crippen molar-refractivity contribution < 1.29 is 17.9 Å². The first-order chi connectivity index (χ1) is 14.9. The van der Waals surface area contributed by atoms with Crippen molar-refractivity contribution in [3.8, 4) is 22.8 Å². The number of ether oxygens (including phenoxy) is 2. The summed E-state index contributed by atoms with van der Waals surface area (Å²) in [5.74, 6) is 1.32. The molecule has 1 aromatic heterocycles. The lowest BCUT2D eigenvalue weighted by Gasteiger charge is -2.33. The lowest BCUT2D eigenvalue weighted by Crippen LogP contribution is -2.48. The van der Waals surface area contributed by atoms with E-state index in [0.29, 0.717) is 47.0 Å². The maximum Gasteiger partial charge on any atom is 0.244 e. The van der Waals surface area contributed by atoms with Gasteiger partial charge in [-0.2, -0.15) is 4.31 Å². The monoisotopic (exact) mass is 523 g/mol. The third kappa shape index (κ3) is 4.43. The van der Waals surface area contributed by atoms with Crippen LogP contribution in [-0.4, -0.2) is 58.1 Å². The summed E-state index contributed by atoms with van der Waals surface area (Å²) in [6.45, 7) is 2.00. The topological polar surface area (TPSA) is 72.0 Å². The minimum absolute atomic E-state index is 0.299. The molecule has 0 atom stereocenters. The van der Waals surface area contributed by atoms with Crippen molar-refractivity contribution >= 4 is 42.4 Å². The van der Waals surface area contributed by atoms with E-state index in [2.05, 4.69) is 20.8 Å². The summed E-state index contributed by atoms with van der Waals surface area (Å²) in [7, 11) is -0.321. The summed E-state index contributed by atoms with van der Waals surface area (Å²) < 4.78 is 38.8. The molecule has 1 aliphatic heterocycles. The van der Waals surface area contributed by atoms with Crippen LogP contribution in [-0.2, 0) is 10.0 Å². The third-order valence-electron chi connectivity index (χ3n) is 5.14. The van der Waals surface area contributed by atoms with Gasteiger partial charge in [-0.3, -0.25) is 0 Å². The maximum atomic E-state index is 13.0. The van der Waals surface area contributed by atoms with Crippen LogP contribution in [0.1, 0.15) is 0 Å². The zero-order valence-electron chi connectivity index (χ0n) is 17.1. The van der Waals surface area contributed by atoms with E-state index in [4.69, 9.17) is 14.5 Å². The first kappa shape index (κ1) is 22.1. The van der Waals surface area contributed by atoms with Gasteiger partial charge in [-0.1, -0.05) is 12.1 Å². The van der Waals surface area contributed by atoms with Crippen LogP contribution in [0.25, 0.3) is 11.3 Å². The largest absolute Gasteiger partial charge is 0.493 e. The van der Waals surface area contributed by atoms with E-state index < -0.39 is 10.0 Å². The van der Waals surface area contributed by atoms with Gasteiger partial charge in [-0.05, 0) is 46.3 Å². The lowest BCUT2D eigenvalue weighted by molar-refractivity contribution is 0.355. The zero-order valence-corrected chi connectivity index (χ0v) is 20.3. The minimum Gasteiger partial charge on any atom is -0.493 e. The fraction of sp³-hybridized carbons (Fsp3) is 0.286. The van der Waals surface area contributed by atoms with Gasteiger partial charge in [0.1, 0.15) is 0 Å². The minimum atomic E-state index is -3.53. The highest BCUT2D eigenvalue weighted by Crippen LogP contribution is 2.34. The van der Waals surface area contributed by atoms with Crippen molar-refractivity contribution in [2.24, 2.45) is 0 Å². The molecule has 0 bridgehead atoms. The van der Waals surface area contributed by atoms with E-state index in [1.54, 1.807) is 49.8 Å². The molecule has 164 valence electrons. The molecular formula is C21H22BrN3O4S2. The lowest BCUT2D eigenvalue weighted by atomic mass is 10.1. The van der Waals surface area contributed by atoms with Gasteiger partial charge in [0, 0.05) is 41.6 Å². The Morgan fingerprint density at radius 3 is 2.39 bits per heavy atom. The molecule has 0 saturated carbocycles. The van der Waals surface area contributed by atoms with Gasteiger partial charge >= 0.3 is 0 Å². The highest BCUT2D eigenvalue weighted by atomic mass is 79.9. The molecule has 10 heteroatoms. The molecule has 7 nitrogen and oxygen atoms in total. The normalized spacial score (nSPS) is 15.1. The SMILES string of the molecule is COc1ccc(-c2csc(N3CCN(S(=O)(=O)c4ccccc4Br)CC3)n2)cc1OC. The van der Waals surface area contributed by atoms with Crippen LogP contribution in [0.2, 0.25) is 0 Å². The maximum absolute atomic E-state index is 13.0. The number of anilines is 1. The van der Waals surface area contributed by atoms with Crippen LogP contribution in [0, 0.1) is 0 Å². The Morgan fingerprint density at radius 1 is 1.00 bits per heavy atom. The quantitative estimate of drug-likeness (QED) is 0.484. The second kappa shape index (κ2) is 9.15. The number of hydrogen-bond acceptors (Lipinski definition) is 7. The zero-order chi connectivity index (χ0) is 22.0. The molecule has 2 aromatic carbocycles. The van der Waals surface area contributed by atoms with Gasteiger partial charge in [0.25, 0.3) is 0 Å². The van der Waals surface area contributed by atoms with Crippen molar-refractivity contribution in [2.75, 3.05) is 45.3 Å². The standard InChI is InChI=1S/C21H22BrN3O4S2/c1-28-18-8-7-15(13-19(18)29-2)17-14-30-21(23-17)24-9-11-25(12-10-24)31(26,27)20-6-4-3-5-16(20)22/h3-8,13-14H,9-12H2,1-2H3. The fourth-order valence-corrected chi connectivity index (χ4v) is 6.72. The van der Waals surface area contributed by atoms with Crippen LogP contribution < -0.4 is 14.4 Å². The van der Waals surface area contributed by atoms with Crippen LogP contribution >= 0.6 is 27.3 Å². The summed E-state index contributed by atoms with van der Waals surface area (Å²) in [6.07, 6.45) is 0. The third-order valence-corrected chi connectivity index (χ3v) is 8.95. The van der Waals surface area contributed by atoms with E-state index >= 15 is 0 Å². The Bertz CT molecular complexity index is 1170. The molecule has 0 aliphatic carbocycles. The predicted octanol–water partition coefficient (Wildman–Crippen LogP) is 4.10. The summed E-state index contributed by atoms with van der Waals surface area (Å²) in [5.41, 5.74) is 1.79. The first-order valence-corrected chi connectivity index (χ1v) is 12.7. The molecule has 0 radical (unpaired) electrons. The van der Waals surface area contributed by atoms with E-state index in [9.17, 15) is 8.42 Å². The first-order valence-electron chi connectivity index (χ1n) is 9.61. The molecule has 1 aliphatic rings. The number of aromatic nitrogens is 1. The average Bonchev–Trinajstić information content (AvgIpc) is 3.29. The Balaban J connectivity index is 1.47. The molecule has 31 heavy (non-hydrogen) atoms. The van der Waals surface area contributed by atoms with Gasteiger partial charge in [-0.25, -0.2) is 13.4 Å². The molecule has 0 spiro atoms. The van der Waals surface area contributed by atoms with E-state index in [0.717, 1.165) is 16.4 Å². The second-order valence-electron chi connectivity index (χ2n) is 6.91. The molecule has 1 saturated heterocycles. The molecular weight excluding hydrogens is 502 g/mol. The Morgan fingerprint density at radius 2 is 1.71 bits per heavy atom. The summed E-state index contributed by atoms with van der Waals surface area (Å²) in [6, 6.07) is 12.6. The highest BCUT2D eigenvalue weighted by Gasteiger charge is 2.30. The number of piperazine rings is 1. The van der Waals surface area contributed by atoms with Crippen molar-refractivity contribution in [2.45, 2.75) is 4.90 Å². The van der Waals surface area contributed by atoms with Crippen LogP contribution in [0.5, 0.6) is 11.5 Å². The summed E-state index contributed by atoms with van der Waals surface area (Å²) >= 11 is 4.90. The van der Waals surface area contributed by atoms with Gasteiger partial charge in [-0.15, -0.1) is 11.3 Å². The Kier molecular flexibility index (Phi) is 6.52. The number of thiazole rings is 1. The Hall–Kier alpha value is -2.14. The van der Waals surface area contributed by atoms with Crippen molar-refractivity contribution in [3.63, 3.8) is 0 Å². The molecule has 2 heterocycles. The molecule has 0 unspecified atom stereocenters. The van der Waals surface area contributed by atoms with Gasteiger partial charge in [0.2, 0.25) is 10.0 Å². The summed E-state index contributed by atoms with van der Waals surface area (Å²) in [4.78, 5) is 7.19. The number of methoxy groups -OCH3 is 2. The molecule has 1 fully saturated rings. The number of rotatable bonds is 6. The fourth-order valence-electron chi connectivity index (χ4n) is 3.45. The molecule has 3 aromatic rings. The number of halogens is 1. The smallest absolute Gasteiger partial charge is 0.244 e. The van der Waals surface area contributed by atoms with Gasteiger partial charge in [0.05, 0.1) is 24.8 Å². The molecule has 4 rings (SSSR count). The van der Waals surface area contributed by atoms with Crippen molar-refractivity contribution in [1.29, 1.82) is 0 Å². The van der Waals surface area contributed by atoms with Crippen molar-refractivity contribution in [3.05, 3.63) is 52.3 Å². The average molecular weight is 524 g/mol. The number of hydrogen-bond donors (Lipinski definition) is 0. The van der Waals surface area contributed by atoms with Crippen LogP contribution in [0.3, 0.4) is 0 Å². The predicted molar refractivity (Wildman–Crippen MR) is 126 cm³/mol. The highest BCUT2D eigenvalue weighted by molar-refractivity contribution is 9.10. The van der Waals surface area contributed by atoms with E-state index in [1.807, 2.05) is 23.6 Å². The van der Waals surface area contributed by atoms with Gasteiger partial charge < -0.3 is 14.4 Å². The second-order valence-corrected chi connectivity index (χ2v) is 10.5. The van der Waals surface area contributed by atoms with E-state index in [-0.39, 0.29) is 0 Å². The number of nitrogens with zero attached hydrogens (tertiary/aromatic N) is 3. The molecule has 0 amide bonds. The van der Waals surface area contributed by atoms with Crippen molar-refractivity contribution in [1.82, 2.24) is 9.29 Å².